The molecule has 0 heterocycles. The second kappa shape index (κ2) is 9.82. The Labute approximate surface area is 138 Å². The van der Waals surface area contributed by atoms with Gasteiger partial charge in [0.1, 0.15) is 6.29 Å². The van der Waals surface area contributed by atoms with Gasteiger partial charge in [-0.1, -0.05) is 0 Å². The molecule has 0 aliphatic heterocycles. The number of urea groups is 1. The van der Waals surface area contributed by atoms with Gasteiger partial charge in [0.2, 0.25) is 0 Å². The zero-order chi connectivity index (χ0) is 17.9. The van der Waals surface area contributed by atoms with Gasteiger partial charge in [-0.25, -0.2) is 9.59 Å². The van der Waals surface area contributed by atoms with Crippen molar-refractivity contribution in [1.82, 2.24) is 10.6 Å². The summed E-state index contributed by atoms with van der Waals surface area (Å²) < 4.78 is 14.9. The van der Waals surface area contributed by atoms with Gasteiger partial charge in [0.05, 0.1) is 7.11 Å². The number of ether oxygens (including phenoxy) is 3. The molecule has 0 saturated carbocycles. The van der Waals surface area contributed by atoms with Gasteiger partial charge in [-0.3, -0.25) is 14.9 Å². The fourth-order valence-corrected chi connectivity index (χ4v) is 1.57. The monoisotopic (exact) mass is 338 g/mol. The topological polar surface area (TPSA) is 120 Å². The van der Waals surface area contributed by atoms with Crippen LogP contribution in [0.2, 0.25) is 0 Å². The molecule has 0 aromatic heterocycles. The molecule has 9 nitrogen and oxygen atoms in total. The quantitative estimate of drug-likeness (QED) is 0.516. The maximum atomic E-state index is 11.5. The van der Waals surface area contributed by atoms with E-state index in [4.69, 9.17) is 9.47 Å². The van der Waals surface area contributed by atoms with Crippen molar-refractivity contribution >= 4 is 24.2 Å². The summed E-state index contributed by atoms with van der Waals surface area (Å²) in [6.07, 6.45) is 0.647. The van der Waals surface area contributed by atoms with E-state index in [9.17, 15) is 19.2 Å². The van der Waals surface area contributed by atoms with Gasteiger partial charge in [0, 0.05) is 12.1 Å². The molecule has 0 radical (unpaired) electrons. The molecule has 0 atom stereocenters. The van der Waals surface area contributed by atoms with Crippen LogP contribution in [0.15, 0.2) is 18.2 Å². The van der Waals surface area contributed by atoms with Crippen LogP contribution in [0.4, 0.5) is 4.79 Å². The van der Waals surface area contributed by atoms with Crippen molar-refractivity contribution in [2.75, 3.05) is 26.9 Å². The van der Waals surface area contributed by atoms with Crippen LogP contribution in [0, 0.1) is 0 Å². The average molecular weight is 338 g/mol. The number of carbonyl (C=O) groups is 4. The van der Waals surface area contributed by atoms with Gasteiger partial charge in [0.25, 0.3) is 5.91 Å². The highest BCUT2D eigenvalue weighted by Crippen LogP contribution is 2.27. The van der Waals surface area contributed by atoms with E-state index < -0.39 is 31.1 Å². The number of hydrogen-bond acceptors (Lipinski definition) is 7. The summed E-state index contributed by atoms with van der Waals surface area (Å²) in [6.45, 7) is 0.973. The van der Waals surface area contributed by atoms with Gasteiger partial charge >= 0.3 is 12.0 Å². The Balaban J connectivity index is 2.42. The first-order chi connectivity index (χ1) is 11.5. The van der Waals surface area contributed by atoms with E-state index in [1.165, 1.54) is 25.3 Å². The van der Waals surface area contributed by atoms with Crippen LogP contribution >= 0.6 is 0 Å². The van der Waals surface area contributed by atoms with Crippen molar-refractivity contribution in [3.8, 4) is 11.5 Å². The molecule has 0 aliphatic rings. The SMILES string of the molecule is CCNC(=O)NC(=O)COC(=O)COc1ccc(C=O)cc1OC. The number of amides is 3. The minimum atomic E-state index is -0.803. The number of benzene rings is 1. The first-order valence-electron chi connectivity index (χ1n) is 6.99. The third-order valence-corrected chi connectivity index (χ3v) is 2.62. The van der Waals surface area contributed by atoms with Crippen molar-refractivity contribution in [3.05, 3.63) is 23.8 Å². The lowest BCUT2D eigenvalue weighted by Gasteiger charge is -2.11. The minimum absolute atomic E-state index is 0.242. The lowest BCUT2D eigenvalue weighted by molar-refractivity contribution is -0.150. The Morgan fingerprint density at radius 3 is 2.54 bits per heavy atom. The maximum absolute atomic E-state index is 11.5. The molecule has 1 rings (SSSR count). The van der Waals surface area contributed by atoms with Crippen LogP contribution in [0.1, 0.15) is 17.3 Å². The summed E-state index contributed by atoms with van der Waals surface area (Å²) >= 11 is 0. The van der Waals surface area contributed by atoms with Crippen molar-refractivity contribution in [1.29, 1.82) is 0 Å². The Bertz CT molecular complexity index is 616. The van der Waals surface area contributed by atoms with Crippen molar-refractivity contribution in [3.63, 3.8) is 0 Å². The van der Waals surface area contributed by atoms with Gasteiger partial charge < -0.3 is 19.5 Å². The molecule has 24 heavy (non-hydrogen) atoms. The Kier molecular flexibility index (Phi) is 7.76. The van der Waals surface area contributed by atoms with Crippen LogP contribution in [-0.4, -0.2) is 51.1 Å². The number of hydrogen-bond donors (Lipinski definition) is 2. The standard InChI is InChI=1S/C15H18N2O7/c1-3-16-15(21)17-13(19)8-24-14(20)9-23-11-5-4-10(7-18)6-12(11)22-2/h4-7H,3,8-9H2,1-2H3,(H2,16,17,19,21). The third-order valence-electron chi connectivity index (χ3n) is 2.62. The smallest absolute Gasteiger partial charge is 0.344 e. The van der Waals surface area contributed by atoms with Gasteiger partial charge in [-0.05, 0) is 25.1 Å². The molecule has 130 valence electrons. The highest BCUT2D eigenvalue weighted by atomic mass is 16.6. The fourth-order valence-electron chi connectivity index (χ4n) is 1.57. The van der Waals surface area contributed by atoms with Crippen LogP contribution in [-0.2, 0) is 14.3 Å². The lowest BCUT2D eigenvalue weighted by Crippen LogP contribution is -2.41. The molecule has 2 N–H and O–H groups in total. The maximum Gasteiger partial charge on any atom is 0.344 e. The second-order valence-corrected chi connectivity index (χ2v) is 4.39. The van der Waals surface area contributed by atoms with Crippen molar-refractivity contribution in [2.45, 2.75) is 6.92 Å². The van der Waals surface area contributed by atoms with Gasteiger partial charge in [0.15, 0.2) is 24.7 Å². The highest BCUT2D eigenvalue weighted by molar-refractivity contribution is 5.95. The second-order valence-electron chi connectivity index (χ2n) is 4.39. The van der Waals surface area contributed by atoms with E-state index in [0.29, 0.717) is 18.4 Å². The van der Waals surface area contributed by atoms with Crippen LogP contribution in [0.3, 0.4) is 0 Å². The molecule has 0 spiro atoms. The molecule has 0 bridgehead atoms. The fraction of sp³-hybridized carbons (Fsp3) is 0.333. The number of methoxy groups -OCH3 is 1. The molecular weight excluding hydrogens is 320 g/mol. The first-order valence-corrected chi connectivity index (χ1v) is 6.99. The largest absolute Gasteiger partial charge is 0.493 e. The molecule has 1 aromatic carbocycles. The van der Waals surface area contributed by atoms with E-state index in [1.807, 2.05) is 5.32 Å². The number of carbonyl (C=O) groups excluding carboxylic acids is 4. The number of aldehydes is 1. The lowest BCUT2D eigenvalue weighted by atomic mass is 10.2. The van der Waals surface area contributed by atoms with E-state index >= 15 is 0 Å². The molecule has 0 unspecified atom stereocenters. The summed E-state index contributed by atoms with van der Waals surface area (Å²) in [6, 6.07) is 3.75. The molecule has 9 heteroatoms. The Hall–Kier alpha value is -3.10. The molecule has 0 fully saturated rings. The minimum Gasteiger partial charge on any atom is -0.493 e. The molecule has 3 amide bonds. The normalized spacial score (nSPS) is 9.58. The summed E-state index contributed by atoms with van der Waals surface area (Å²) in [5.41, 5.74) is 0.392. The number of nitrogens with one attached hydrogen (secondary N) is 2. The van der Waals surface area contributed by atoms with Crippen molar-refractivity contribution < 1.29 is 33.4 Å². The van der Waals surface area contributed by atoms with E-state index in [2.05, 4.69) is 10.1 Å². The van der Waals surface area contributed by atoms with E-state index in [1.54, 1.807) is 6.92 Å². The van der Waals surface area contributed by atoms with E-state index in [0.717, 1.165) is 0 Å². The zero-order valence-electron chi connectivity index (χ0n) is 13.3. The van der Waals surface area contributed by atoms with Gasteiger partial charge in [-0.2, -0.15) is 0 Å². The third kappa shape index (κ3) is 6.34. The summed E-state index contributed by atoms with van der Waals surface area (Å²) in [7, 11) is 1.39. The molecule has 0 aliphatic carbocycles. The number of esters is 1. The van der Waals surface area contributed by atoms with Crippen LogP contribution < -0.4 is 20.1 Å². The molecule has 1 aromatic rings. The Morgan fingerprint density at radius 2 is 1.92 bits per heavy atom. The Morgan fingerprint density at radius 1 is 1.17 bits per heavy atom. The van der Waals surface area contributed by atoms with Crippen molar-refractivity contribution in [2.24, 2.45) is 0 Å². The van der Waals surface area contributed by atoms with Crippen LogP contribution in [0.25, 0.3) is 0 Å². The van der Waals surface area contributed by atoms with Crippen LogP contribution in [0.5, 0.6) is 11.5 Å². The summed E-state index contributed by atoms with van der Waals surface area (Å²) in [4.78, 5) is 44.6. The number of rotatable bonds is 8. The molecule has 0 saturated heterocycles. The predicted molar refractivity (Wildman–Crippen MR) is 82.1 cm³/mol. The average Bonchev–Trinajstić information content (AvgIpc) is 2.58. The zero-order valence-corrected chi connectivity index (χ0v) is 13.3. The van der Waals surface area contributed by atoms with Gasteiger partial charge in [-0.15, -0.1) is 0 Å². The first kappa shape index (κ1) is 18.9. The van der Waals surface area contributed by atoms with E-state index in [-0.39, 0.29) is 11.5 Å². The summed E-state index contributed by atoms with van der Waals surface area (Å²) in [5, 5.41) is 4.34. The highest BCUT2D eigenvalue weighted by Gasteiger charge is 2.12. The predicted octanol–water partition coefficient (Wildman–Crippen LogP) is 0.275. The summed E-state index contributed by atoms with van der Waals surface area (Å²) in [5.74, 6) is -1.04. The number of imide groups is 1. The molecular formula is C15H18N2O7.